The quantitative estimate of drug-likeness (QED) is 0.813. The first-order valence-electron chi connectivity index (χ1n) is 7.53. The Bertz CT molecular complexity index is 892. The van der Waals surface area contributed by atoms with E-state index in [9.17, 15) is 13.2 Å². The van der Waals surface area contributed by atoms with E-state index >= 15 is 0 Å². The molecule has 0 spiro atoms. The van der Waals surface area contributed by atoms with Crippen LogP contribution in [0, 0.1) is 6.92 Å². The zero-order valence-corrected chi connectivity index (χ0v) is 15.0. The molecule has 6 nitrogen and oxygen atoms in total. The van der Waals surface area contributed by atoms with Gasteiger partial charge in [0.1, 0.15) is 0 Å². The van der Waals surface area contributed by atoms with Crippen LogP contribution in [0.5, 0.6) is 0 Å². The number of hydrogen-bond donors (Lipinski definition) is 0. The number of hydrogen-bond acceptors (Lipinski definition) is 4. The summed E-state index contributed by atoms with van der Waals surface area (Å²) in [5.74, 6) is -0.308. The fourth-order valence-corrected chi connectivity index (χ4v) is 4.49. The number of nitrogens with zero attached hydrogens (tertiary/aromatic N) is 3. The molecule has 1 aromatic carbocycles. The molecule has 0 unspecified atom stereocenters. The molecule has 128 valence electrons. The molecule has 0 radical (unpaired) electrons. The first-order valence-corrected chi connectivity index (χ1v) is 9.73. The molecule has 1 aliphatic rings. The van der Waals surface area contributed by atoms with Gasteiger partial charge >= 0.3 is 0 Å². The van der Waals surface area contributed by atoms with E-state index in [4.69, 9.17) is 11.6 Å². The van der Waals surface area contributed by atoms with E-state index in [-0.39, 0.29) is 24.0 Å². The minimum atomic E-state index is -3.19. The van der Waals surface area contributed by atoms with Gasteiger partial charge in [0.2, 0.25) is 0 Å². The summed E-state index contributed by atoms with van der Waals surface area (Å²) in [4.78, 5) is 14.5. The van der Waals surface area contributed by atoms with Crippen molar-refractivity contribution in [2.75, 3.05) is 18.1 Å². The summed E-state index contributed by atoms with van der Waals surface area (Å²) < 4.78 is 25.7. The molecular weight excluding hydrogens is 350 g/mol. The summed E-state index contributed by atoms with van der Waals surface area (Å²) in [6, 6.07) is 4.56. The lowest BCUT2D eigenvalue weighted by molar-refractivity contribution is 0.0697. The van der Waals surface area contributed by atoms with E-state index in [1.54, 1.807) is 47.2 Å². The van der Waals surface area contributed by atoms with Crippen molar-refractivity contribution in [2.45, 2.75) is 13.0 Å². The molecule has 1 atom stereocenters. The molecule has 0 bridgehead atoms. The normalized spacial score (nSPS) is 20.1. The summed E-state index contributed by atoms with van der Waals surface area (Å²) in [6.45, 7) is 2.00. The molecule has 2 aromatic rings. The van der Waals surface area contributed by atoms with Gasteiger partial charge in [-0.2, -0.15) is 5.10 Å². The van der Waals surface area contributed by atoms with Crippen molar-refractivity contribution in [3.05, 3.63) is 52.3 Å². The van der Waals surface area contributed by atoms with Gasteiger partial charge in [0.15, 0.2) is 9.84 Å². The van der Waals surface area contributed by atoms with Crippen LogP contribution in [-0.4, -0.2) is 47.1 Å². The predicted octanol–water partition coefficient (Wildman–Crippen LogP) is 1.99. The number of carbonyl (C=O) groups excluding carboxylic acids is 1. The molecule has 1 aliphatic heterocycles. The van der Waals surface area contributed by atoms with Crippen molar-refractivity contribution >= 4 is 27.3 Å². The predicted molar refractivity (Wildman–Crippen MR) is 91.8 cm³/mol. The number of aromatic nitrogens is 2. The number of carbonyl (C=O) groups is 1. The zero-order chi connectivity index (χ0) is 17.5. The average molecular weight is 368 g/mol. The second-order valence-corrected chi connectivity index (χ2v) is 8.68. The van der Waals surface area contributed by atoms with Gasteiger partial charge in [0.25, 0.3) is 5.91 Å². The van der Waals surface area contributed by atoms with Gasteiger partial charge in [0, 0.05) is 35.9 Å². The van der Waals surface area contributed by atoms with Crippen molar-refractivity contribution in [1.29, 1.82) is 0 Å². The van der Waals surface area contributed by atoms with Crippen LogP contribution in [0.25, 0.3) is 0 Å². The minimum absolute atomic E-state index is 0.0257. The van der Waals surface area contributed by atoms with Crippen LogP contribution in [0.1, 0.15) is 27.5 Å². The highest BCUT2D eigenvalue weighted by atomic mass is 35.5. The Hall–Kier alpha value is -1.86. The molecule has 3 rings (SSSR count). The topological polar surface area (TPSA) is 72.3 Å². The lowest BCUT2D eigenvalue weighted by Gasteiger charge is -2.35. The van der Waals surface area contributed by atoms with Crippen LogP contribution in [-0.2, 0) is 16.9 Å². The van der Waals surface area contributed by atoms with Crippen LogP contribution >= 0.6 is 11.6 Å². The number of aryl methyl sites for hydroxylation is 2. The Morgan fingerprint density at radius 1 is 1.38 bits per heavy atom. The summed E-state index contributed by atoms with van der Waals surface area (Å²) in [6.07, 6.45) is 3.36. The van der Waals surface area contributed by atoms with E-state index < -0.39 is 15.9 Å². The minimum Gasteiger partial charge on any atom is -0.329 e. The Labute approximate surface area is 145 Å². The van der Waals surface area contributed by atoms with Gasteiger partial charge in [-0.05, 0) is 30.7 Å². The van der Waals surface area contributed by atoms with Crippen LogP contribution in [0.3, 0.4) is 0 Å². The van der Waals surface area contributed by atoms with Gasteiger partial charge in [-0.3, -0.25) is 9.48 Å². The van der Waals surface area contributed by atoms with E-state index in [2.05, 4.69) is 5.10 Å². The third-order valence-corrected chi connectivity index (χ3v) is 6.26. The zero-order valence-electron chi connectivity index (χ0n) is 13.4. The first kappa shape index (κ1) is 17.0. The fourth-order valence-electron chi connectivity index (χ4n) is 2.88. The molecule has 1 amide bonds. The van der Waals surface area contributed by atoms with E-state index in [0.29, 0.717) is 10.6 Å². The molecule has 8 heteroatoms. The van der Waals surface area contributed by atoms with Gasteiger partial charge < -0.3 is 4.90 Å². The molecule has 0 aliphatic carbocycles. The lowest BCUT2D eigenvalue weighted by atomic mass is 10.1. The fraction of sp³-hybridized carbons (Fsp3) is 0.375. The number of amides is 1. The van der Waals surface area contributed by atoms with E-state index in [1.165, 1.54) is 0 Å². The second-order valence-electron chi connectivity index (χ2n) is 6.04. The van der Waals surface area contributed by atoms with Crippen LogP contribution in [0.2, 0.25) is 5.02 Å². The van der Waals surface area contributed by atoms with Crippen molar-refractivity contribution in [1.82, 2.24) is 14.7 Å². The highest BCUT2D eigenvalue weighted by Crippen LogP contribution is 2.29. The largest absolute Gasteiger partial charge is 0.329 e. The average Bonchev–Trinajstić information content (AvgIpc) is 2.95. The van der Waals surface area contributed by atoms with Crippen molar-refractivity contribution < 1.29 is 13.2 Å². The Morgan fingerprint density at radius 2 is 2.12 bits per heavy atom. The summed E-state index contributed by atoms with van der Waals surface area (Å²) in [5, 5.41) is 4.69. The molecule has 1 fully saturated rings. The third-order valence-electron chi connectivity index (χ3n) is 4.21. The molecule has 24 heavy (non-hydrogen) atoms. The summed E-state index contributed by atoms with van der Waals surface area (Å²) in [7, 11) is -1.43. The monoisotopic (exact) mass is 367 g/mol. The van der Waals surface area contributed by atoms with Gasteiger partial charge in [0.05, 0.1) is 23.7 Å². The van der Waals surface area contributed by atoms with Gasteiger partial charge in [-0.1, -0.05) is 11.6 Å². The smallest absolute Gasteiger partial charge is 0.254 e. The summed E-state index contributed by atoms with van der Waals surface area (Å²) in [5.41, 5.74) is 2.04. The lowest BCUT2D eigenvalue weighted by Crippen LogP contribution is -2.46. The van der Waals surface area contributed by atoms with Gasteiger partial charge in [-0.15, -0.1) is 0 Å². The highest BCUT2D eigenvalue weighted by Gasteiger charge is 2.36. The summed E-state index contributed by atoms with van der Waals surface area (Å²) >= 11 is 6.02. The molecule has 1 saturated heterocycles. The standard InChI is InChI=1S/C16H18ClN3O3S/c1-11-7-12(3-4-14(11)17)16(21)20-5-6-24(22,23)10-15(20)13-8-18-19(2)9-13/h3-4,7-9,15H,5-6,10H2,1-2H3/t15-/m0/s1. The van der Waals surface area contributed by atoms with Crippen LogP contribution < -0.4 is 0 Å². The highest BCUT2D eigenvalue weighted by molar-refractivity contribution is 7.91. The maximum absolute atomic E-state index is 12.9. The Morgan fingerprint density at radius 3 is 2.75 bits per heavy atom. The Balaban J connectivity index is 1.97. The number of sulfone groups is 1. The van der Waals surface area contributed by atoms with Gasteiger partial charge in [-0.25, -0.2) is 8.42 Å². The molecule has 0 saturated carbocycles. The number of benzene rings is 1. The molecule has 0 N–H and O–H groups in total. The molecule has 2 heterocycles. The van der Waals surface area contributed by atoms with Crippen molar-refractivity contribution in [3.8, 4) is 0 Å². The SMILES string of the molecule is Cc1cc(C(=O)N2CCS(=O)(=O)C[C@H]2c2cnn(C)c2)ccc1Cl. The number of rotatable bonds is 2. The van der Waals surface area contributed by atoms with Crippen LogP contribution in [0.15, 0.2) is 30.6 Å². The Kier molecular flexibility index (Phi) is 4.40. The van der Waals surface area contributed by atoms with E-state index in [0.717, 1.165) is 11.1 Å². The molecule has 1 aromatic heterocycles. The van der Waals surface area contributed by atoms with E-state index in [1.807, 2.05) is 6.92 Å². The number of halogens is 1. The van der Waals surface area contributed by atoms with Crippen molar-refractivity contribution in [3.63, 3.8) is 0 Å². The maximum atomic E-state index is 12.9. The van der Waals surface area contributed by atoms with Crippen molar-refractivity contribution in [2.24, 2.45) is 7.05 Å². The molecular formula is C16H18ClN3O3S. The van der Waals surface area contributed by atoms with Crippen LogP contribution in [0.4, 0.5) is 0 Å². The second kappa shape index (κ2) is 6.22. The maximum Gasteiger partial charge on any atom is 0.254 e. The third kappa shape index (κ3) is 3.32. The first-order chi connectivity index (χ1) is 11.3.